The zero-order valence-corrected chi connectivity index (χ0v) is 25.8. The number of carbonyl (C=O) groups excluding carboxylic acids is 2. The van der Waals surface area contributed by atoms with Crippen LogP contribution in [-0.4, -0.2) is 51.4 Å². The number of hydrogen-bond acceptors (Lipinski definition) is 5. The number of hydrogen-bond donors (Lipinski definition) is 1. The van der Waals surface area contributed by atoms with Crippen LogP contribution in [0, 0.1) is 13.8 Å². The SMILES string of the molecule is CCCNC(=O)C(CC)N(Cc1cccc(OC)c1)C(=O)CN(c1ccc(Cl)cc1C)S(=O)(=O)c1ccc(C)cc1. The van der Waals surface area contributed by atoms with Crippen molar-refractivity contribution in [2.24, 2.45) is 0 Å². The van der Waals surface area contributed by atoms with Crippen molar-refractivity contribution in [3.8, 4) is 5.75 Å². The Balaban J connectivity index is 2.09. The molecule has 0 spiro atoms. The van der Waals surface area contributed by atoms with Crippen molar-refractivity contribution in [1.82, 2.24) is 10.2 Å². The van der Waals surface area contributed by atoms with Gasteiger partial charge in [0.2, 0.25) is 11.8 Å². The molecule has 1 atom stereocenters. The number of amides is 2. The minimum Gasteiger partial charge on any atom is -0.497 e. The number of nitrogens with one attached hydrogen (secondary N) is 1. The predicted molar refractivity (Wildman–Crippen MR) is 163 cm³/mol. The van der Waals surface area contributed by atoms with E-state index < -0.39 is 28.5 Å². The standard InChI is InChI=1S/C31H38ClN3O5S/c1-6-17-33-31(37)28(7-2)34(20-24-9-8-10-26(19-24)40-5)30(36)21-35(29-16-13-25(32)18-23(29)4)41(38,39)27-14-11-22(3)12-15-27/h8-16,18-19,28H,6-7,17,20-21H2,1-5H3,(H,33,37). The van der Waals surface area contributed by atoms with Gasteiger partial charge in [0.15, 0.2) is 0 Å². The highest BCUT2D eigenvalue weighted by molar-refractivity contribution is 7.92. The molecule has 41 heavy (non-hydrogen) atoms. The Morgan fingerprint density at radius 1 is 1.00 bits per heavy atom. The molecule has 3 aromatic rings. The summed E-state index contributed by atoms with van der Waals surface area (Å²) in [4.78, 5) is 28.9. The Morgan fingerprint density at radius 3 is 2.32 bits per heavy atom. The number of sulfonamides is 1. The molecule has 0 fully saturated rings. The van der Waals surface area contributed by atoms with Crippen LogP contribution in [0.1, 0.15) is 43.4 Å². The van der Waals surface area contributed by atoms with Crippen molar-refractivity contribution in [1.29, 1.82) is 0 Å². The molecule has 0 saturated carbocycles. The second kappa shape index (κ2) is 14.4. The number of benzene rings is 3. The third-order valence-electron chi connectivity index (χ3n) is 6.74. The van der Waals surface area contributed by atoms with Crippen LogP contribution >= 0.6 is 11.6 Å². The fraction of sp³-hybridized carbons (Fsp3) is 0.355. The summed E-state index contributed by atoms with van der Waals surface area (Å²) in [6.45, 7) is 7.42. The maximum Gasteiger partial charge on any atom is 0.264 e. The van der Waals surface area contributed by atoms with E-state index in [2.05, 4.69) is 5.32 Å². The molecule has 0 saturated heterocycles. The van der Waals surface area contributed by atoms with Crippen LogP contribution < -0.4 is 14.4 Å². The minimum absolute atomic E-state index is 0.0531. The Labute approximate surface area is 248 Å². The van der Waals surface area contributed by atoms with Gasteiger partial charge in [0, 0.05) is 18.1 Å². The van der Waals surface area contributed by atoms with Crippen LogP contribution in [-0.2, 0) is 26.2 Å². The predicted octanol–water partition coefficient (Wildman–Crippen LogP) is 5.49. The van der Waals surface area contributed by atoms with E-state index in [1.165, 1.54) is 17.0 Å². The first-order valence-electron chi connectivity index (χ1n) is 13.6. The van der Waals surface area contributed by atoms with E-state index in [0.717, 1.165) is 21.9 Å². The van der Waals surface area contributed by atoms with E-state index in [9.17, 15) is 18.0 Å². The van der Waals surface area contributed by atoms with E-state index in [1.54, 1.807) is 62.6 Å². The molecule has 0 bridgehead atoms. The number of rotatable bonds is 13. The molecule has 0 radical (unpaired) electrons. The van der Waals surface area contributed by atoms with Gasteiger partial charge in [-0.1, -0.05) is 55.3 Å². The Hall–Kier alpha value is -3.56. The first kappa shape index (κ1) is 32.0. The van der Waals surface area contributed by atoms with Gasteiger partial charge in [0.25, 0.3) is 10.0 Å². The quantitative estimate of drug-likeness (QED) is 0.280. The topological polar surface area (TPSA) is 96.0 Å². The zero-order chi connectivity index (χ0) is 30.2. The summed E-state index contributed by atoms with van der Waals surface area (Å²) < 4.78 is 34.5. The van der Waals surface area contributed by atoms with Crippen LogP contribution in [0.15, 0.2) is 71.6 Å². The average molecular weight is 600 g/mol. The summed E-state index contributed by atoms with van der Waals surface area (Å²) in [5.41, 5.74) is 2.57. The smallest absolute Gasteiger partial charge is 0.264 e. The molecule has 1 N–H and O–H groups in total. The molecule has 0 aliphatic carbocycles. The van der Waals surface area contributed by atoms with Gasteiger partial charge in [-0.2, -0.15) is 0 Å². The van der Waals surface area contributed by atoms with E-state index in [-0.39, 0.29) is 17.3 Å². The van der Waals surface area contributed by atoms with Crippen LogP contribution in [0.2, 0.25) is 5.02 Å². The zero-order valence-electron chi connectivity index (χ0n) is 24.2. The summed E-state index contributed by atoms with van der Waals surface area (Å²) >= 11 is 6.18. The van der Waals surface area contributed by atoms with Gasteiger partial charge in [-0.25, -0.2) is 8.42 Å². The number of aryl methyl sites for hydroxylation is 2. The molecule has 0 aliphatic heterocycles. The number of nitrogens with zero attached hydrogens (tertiary/aromatic N) is 2. The third-order valence-corrected chi connectivity index (χ3v) is 8.75. The molecule has 8 nitrogen and oxygen atoms in total. The van der Waals surface area contributed by atoms with Gasteiger partial charge in [-0.15, -0.1) is 0 Å². The van der Waals surface area contributed by atoms with Gasteiger partial charge in [-0.3, -0.25) is 13.9 Å². The maximum absolute atomic E-state index is 14.2. The second-order valence-corrected chi connectivity index (χ2v) is 12.1. The van der Waals surface area contributed by atoms with Gasteiger partial charge < -0.3 is 15.0 Å². The van der Waals surface area contributed by atoms with Gasteiger partial charge in [0.05, 0.1) is 17.7 Å². The Morgan fingerprint density at radius 2 is 1.71 bits per heavy atom. The molecule has 3 aromatic carbocycles. The van der Waals surface area contributed by atoms with Crippen LogP contribution in [0.3, 0.4) is 0 Å². The summed E-state index contributed by atoms with van der Waals surface area (Å²) in [6, 6.07) is 17.7. The molecule has 0 aromatic heterocycles. The van der Waals surface area contributed by atoms with Gasteiger partial charge >= 0.3 is 0 Å². The lowest BCUT2D eigenvalue weighted by Crippen LogP contribution is -2.52. The molecule has 3 rings (SSSR count). The second-order valence-electron chi connectivity index (χ2n) is 9.84. The minimum atomic E-state index is -4.16. The first-order chi connectivity index (χ1) is 19.5. The highest BCUT2D eigenvalue weighted by Crippen LogP contribution is 2.30. The Bertz CT molecular complexity index is 1460. The molecular formula is C31H38ClN3O5S. The van der Waals surface area contributed by atoms with Crippen molar-refractivity contribution in [2.45, 2.75) is 58.0 Å². The van der Waals surface area contributed by atoms with E-state index in [1.807, 2.05) is 26.8 Å². The summed E-state index contributed by atoms with van der Waals surface area (Å²) in [7, 11) is -2.61. The normalized spacial score (nSPS) is 12.0. The molecule has 2 amide bonds. The molecule has 1 unspecified atom stereocenters. The summed E-state index contributed by atoms with van der Waals surface area (Å²) in [5.74, 6) is -0.198. The number of carbonyl (C=O) groups is 2. The fourth-order valence-electron chi connectivity index (χ4n) is 4.50. The maximum atomic E-state index is 14.2. The lowest BCUT2D eigenvalue weighted by atomic mass is 10.1. The van der Waals surface area contributed by atoms with Crippen molar-refractivity contribution in [3.63, 3.8) is 0 Å². The monoisotopic (exact) mass is 599 g/mol. The molecule has 10 heteroatoms. The first-order valence-corrected chi connectivity index (χ1v) is 15.4. The Kier molecular flexibility index (Phi) is 11.2. The van der Waals surface area contributed by atoms with Crippen molar-refractivity contribution >= 4 is 39.1 Å². The highest BCUT2D eigenvalue weighted by Gasteiger charge is 2.34. The number of ether oxygens (including phenoxy) is 1. The molecule has 0 aliphatic rings. The number of methoxy groups -OCH3 is 1. The van der Waals surface area contributed by atoms with Crippen molar-refractivity contribution < 1.29 is 22.7 Å². The van der Waals surface area contributed by atoms with Gasteiger partial charge in [0.1, 0.15) is 18.3 Å². The van der Waals surface area contributed by atoms with Crippen molar-refractivity contribution in [2.75, 3.05) is 24.5 Å². The van der Waals surface area contributed by atoms with Crippen molar-refractivity contribution in [3.05, 3.63) is 88.4 Å². The number of halogens is 1. The van der Waals surface area contributed by atoms with E-state index in [0.29, 0.717) is 35.0 Å². The number of anilines is 1. The summed E-state index contributed by atoms with van der Waals surface area (Å²) in [5, 5.41) is 3.33. The van der Waals surface area contributed by atoms with Crippen LogP contribution in [0.4, 0.5) is 5.69 Å². The third kappa shape index (κ3) is 8.01. The largest absolute Gasteiger partial charge is 0.497 e. The molecule has 0 heterocycles. The molecule has 220 valence electrons. The van der Waals surface area contributed by atoms with Crippen LogP contribution in [0.25, 0.3) is 0 Å². The average Bonchev–Trinajstić information content (AvgIpc) is 2.95. The van der Waals surface area contributed by atoms with Crippen LogP contribution in [0.5, 0.6) is 5.75 Å². The van der Waals surface area contributed by atoms with E-state index >= 15 is 0 Å². The lowest BCUT2D eigenvalue weighted by Gasteiger charge is -2.33. The van der Waals surface area contributed by atoms with Gasteiger partial charge in [-0.05, 0) is 80.3 Å². The fourth-order valence-corrected chi connectivity index (χ4v) is 6.21. The highest BCUT2D eigenvalue weighted by atomic mass is 35.5. The molecular weight excluding hydrogens is 562 g/mol. The van der Waals surface area contributed by atoms with E-state index in [4.69, 9.17) is 16.3 Å². The summed E-state index contributed by atoms with van der Waals surface area (Å²) in [6.07, 6.45) is 1.08. The lowest BCUT2D eigenvalue weighted by molar-refractivity contribution is -0.140.